The number of aromatic nitrogens is 2. The normalized spacial score (nSPS) is 14.1. The topological polar surface area (TPSA) is 46.9 Å². The van der Waals surface area contributed by atoms with Gasteiger partial charge in [0.2, 0.25) is 0 Å². The van der Waals surface area contributed by atoms with Crippen molar-refractivity contribution in [1.29, 1.82) is 0 Å². The summed E-state index contributed by atoms with van der Waals surface area (Å²) in [4.78, 5) is 17.1. The van der Waals surface area contributed by atoms with Crippen LogP contribution in [0.15, 0.2) is 35.4 Å². The van der Waals surface area contributed by atoms with Crippen LogP contribution in [0.5, 0.6) is 0 Å². The van der Waals surface area contributed by atoms with Gasteiger partial charge < -0.3 is 9.88 Å². The largest absolute Gasteiger partial charge is 0.373 e. The van der Waals surface area contributed by atoms with Gasteiger partial charge >= 0.3 is 0 Å². The van der Waals surface area contributed by atoms with Gasteiger partial charge in [-0.2, -0.15) is 0 Å². The van der Waals surface area contributed by atoms with Crippen molar-refractivity contribution in [3.63, 3.8) is 0 Å². The molecule has 3 aromatic rings. The molecule has 0 amide bonds. The van der Waals surface area contributed by atoms with Crippen molar-refractivity contribution in [2.45, 2.75) is 39.7 Å². The summed E-state index contributed by atoms with van der Waals surface area (Å²) in [6, 6.07) is 6.72. The van der Waals surface area contributed by atoms with Crippen molar-refractivity contribution in [2.75, 3.05) is 12.4 Å². The molecule has 0 spiro atoms. The Morgan fingerprint density at radius 2 is 1.92 bits per heavy atom. The number of fused-ring (bicyclic) bond motifs is 1. The van der Waals surface area contributed by atoms with Crippen molar-refractivity contribution < 1.29 is 0 Å². The maximum absolute atomic E-state index is 12.6. The average Bonchev–Trinajstić information content (AvgIpc) is 3.43. The van der Waals surface area contributed by atoms with Crippen LogP contribution in [0.3, 0.4) is 0 Å². The number of pyridine rings is 2. The SMILES string of the molecule is CNc1ncc(-c2ccc3c(=O)c(C)cn(C4CC4)c3c2C)cc1C. The van der Waals surface area contributed by atoms with E-state index < -0.39 is 0 Å². The van der Waals surface area contributed by atoms with Gasteiger partial charge in [-0.15, -0.1) is 0 Å². The molecule has 1 aliphatic rings. The lowest BCUT2D eigenvalue weighted by molar-refractivity contribution is 0.760. The van der Waals surface area contributed by atoms with Crippen molar-refractivity contribution in [3.8, 4) is 11.1 Å². The zero-order valence-corrected chi connectivity index (χ0v) is 15.2. The fraction of sp³-hybridized carbons (Fsp3) is 0.333. The van der Waals surface area contributed by atoms with E-state index in [4.69, 9.17) is 0 Å². The van der Waals surface area contributed by atoms with Gasteiger partial charge in [0.1, 0.15) is 5.82 Å². The molecule has 4 nitrogen and oxygen atoms in total. The number of rotatable bonds is 3. The van der Waals surface area contributed by atoms with Crippen LogP contribution in [-0.2, 0) is 0 Å². The summed E-state index contributed by atoms with van der Waals surface area (Å²) in [6.45, 7) is 6.09. The first-order valence-corrected chi connectivity index (χ1v) is 8.81. The first kappa shape index (κ1) is 15.9. The maximum Gasteiger partial charge on any atom is 0.192 e. The lowest BCUT2D eigenvalue weighted by Gasteiger charge is -2.17. The predicted octanol–water partition coefficient (Wildman–Crippen LogP) is 4.37. The van der Waals surface area contributed by atoms with E-state index in [2.05, 4.69) is 40.8 Å². The molecular formula is C21H23N3O. The highest BCUT2D eigenvalue weighted by Gasteiger charge is 2.26. The molecule has 128 valence electrons. The minimum absolute atomic E-state index is 0.140. The molecule has 4 heteroatoms. The van der Waals surface area contributed by atoms with Crippen LogP contribution in [0, 0.1) is 20.8 Å². The Morgan fingerprint density at radius 3 is 2.56 bits per heavy atom. The van der Waals surface area contributed by atoms with Gasteiger partial charge in [-0.1, -0.05) is 6.07 Å². The Kier molecular flexibility index (Phi) is 3.64. The number of aryl methyl sites for hydroxylation is 3. The molecule has 0 saturated heterocycles. The molecule has 0 aliphatic heterocycles. The van der Waals surface area contributed by atoms with Gasteiger partial charge in [-0.3, -0.25) is 4.79 Å². The lowest BCUT2D eigenvalue weighted by Crippen LogP contribution is -2.13. The summed E-state index contributed by atoms with van der Waals surface area (Å²) in [5, 5.41) is 3.93. The Balaban J connectivity index is 1.99. The van der Waals surface area contributed by atoms with Crippen LogP contribution in [0.4, 0.5) is 5.82 Å². The molecule has 1 fully saturated rings. The molecule has 1 aliphatic carbocycles. The number of anilines is 1. The molecule has 0 bridgehead atoms. The highest BCUT2D eigenvalue weighted by molar-refractivity contribution is 5.89. The van der Waals surface area contributed by atoms with Crippen LogP contribution in [0.1, 0.15) is 35.6 Å². The highest BCUT2D eigenvalue weighted by atomic mass is 16.1. The molecule has 1 aromatic carbocycles. The fourth-order valence-corrected chi connectivity index (χ4v) is 3.70. The van der Waals surface area contributed by atoms with Crippen molar-refractivity contribution >= 4 is 16.7 Å². The number of hydrogen-bond donors (Lipinski definition) is 1. The molecule has 25 heavy (non-hydrogen) atoms. The molecule has 2 aromatic heterocycles. The first-order valence-electron chi connectivity index (χ1n) is 8.81. The number of nitrogens with zero attached hydrogens (tertiary/aromatic N) is 2. The Bertz CT molecular complexity index is 1050. The molecule has 0 unspecified atom stereocenters. The smallest absolute Gasteiger partial charge is 0.192 e. The molecule has 0 radical (unpaired) electrons. The monoisotopic (exact) mass is 333 g/mol. The summed E-state index contributed by atoms with van der Waals surface area (Å²) >= 11 is 0. The second-order valence-corrected chi connectivity index (χ2v) is 7.05. The van der Waals surface area contributed by atoms with E-state index in [1.165, 1.54) is 12.8 Å². The molecule has 1 N–H and O–H groups in total. The van der Waals surface area contributed by atoms with Crippen LogP contribution in [0.2, 0.25) is 0 Å². The Morgan fingerprint density at radius 1 is 1.16 bits per heavy atom. The van der Waals surface area contributed by atoms with Gasteiger partial charge in [0.15, 0.2) is 5.43 Å². The summed E-state index contributed by atoms with van der Waals surface area (Å²) in [5.41, 5.74) is 6.53. The van der Waals surface area contributed by atoms with Gasteiger partial charge in [-0.25, -0.2) is 4.98 Å². The molecule has 2 heterocycles. The number of nitrogens with one attached hydrogen (secondary N) is 1. The number of hydrogen-bond acceptors (Lipinski definition) is 3. The predicted molar refractivity (Wildman–Crippen MR) is 103 cm³/mol. The van der Waals surface area contributed by atoms with Crippen LogP contribution in [0.25, 0.3) is 22.0 Å². The standard InChI is InChI=1S/C21H23N3O/c1-12-9-15(10-23-21(12)22-4)17-7-8-18-19(14(17)3)24(16-5-6-16)11-13(2)20(18)25/h7-11,16H,5-6H2,1-4H3,(H,22,23). The zero-order chi connectivity index (χ0) is 17.7. The van der Waals surface area contributed by atoms with E-state index in [-0.39, 0.29) is 5.43 Å². The van der Waals surface area contributed by atoms with Gasteiger partial charge in [0.25, 0.3) is 0 Å². The summed E-state index contributed by atoms with van der Waals surface area (Å²) in [5.74, 6) is 0.896. The third-order valence-corrected chi connectivity index (χ3v) is 5.19. The van der Waals surface area contributed by atoms with Crippen molar-refractivity contribution in [1.82, 2.24) is 9.55 Å². The fourth-order valence-electron chi connectivity index (χ4n) is 3.70. The van der Waals surface area contributed by atoms with Gasteiger partial charge in [0.05, 0.1) is 5.52 Å². The van der Waals surface area contributed by atoms with E-state index in [0.29, 0.717) is 6.04 Å². The van der Waals surface area contributed by atoms with E-state index in [9.17, 15) is 4.79 Å². The van der Waals surface area contributed by atoms with Crippen LogP contribution in [-0.4, -0.2) is 16.6 Å². The molecule has 1 saturated carbocycles. The van der Waals surface area contributed by atoms with Crippen molar-refractivity contribution in [2.24, 2.45) is 0 Å². The third-order valence-electron chi connectivity index (χ3n) is 5.19. The summed E-state index contributed by atoms with van der Waals surface area (Å²) in [7, 11) is 1.88. The number of benzene rings is 1. The van der Waals surface area contributed by atoms with Crippen LogP contribution < -0.4 is 10.7 Å². The van der Waals surface area contributed by atoms with Crippen LogP contribution >= 0.6 is 0 Å². The quantitative estimate of drug-likeness (QED) is 0.774. The van der Waals surface area contributed by atoms with E-state index in [0.717, 1.165) is 44.5 Å². The van der Waals surface area contributed by atoms with Gasteiger partial charge in [0, 0.05) is 42.0 Å². The zero-order valence-electron chi connectivity index (χ0n) is 15.2. The minimum atomic E-state index is 0.140. The second kappa shape index (κ2) is 5.73. The average molecular weight is 333 g/mol. The molecule has 0 atom stereocenters. The second-order valence-electron chi connectivity index (χ2n) is 7.05. The third kappa shape index (κ3) is 2.53. The Labute approximate surface area is 147 Å². The van der Waals surface area contributed by atoms with E-state index >= 15 is 0 Å². The summed E-state index contributed by atoms with van der Waals surface area (Å²) in [6.07, 6.45) is 6.32. The van der Waals surface area contributed by atoms with E-state index in [1.54, 1.807) is 0 Å². The van der Waals surface area contributed by atoms with Crippen molar-refractivity contribution in [3.05, 3.63) is 57.5 Å². The van der Waals surface area contributed by atoms with Gasteiger partial charge in [-0.05, 0) is 62.4 Å². The molecule has 4 rings (SSSR count). The Hall–Kier alpha value is -2.62. The molecular weight excluding hydrogens is 310 g/mol. The maximum atomic E-state index is 12.6. The summed E-state index contributed by atoms with van der Waals surface area (Å²) < 4.78 is 2.31. The highest BCUT2D eigenvalue weighted by Crippen LogP contribution is 2.39. The van der Waals surface area contributed by atoms with E-state index in [1.807, 2.05) is 32.4 Å². The minimum Gasteiger partial charge on any atom is -0.373 e. The lowest BCUT2D eigenvalue weighted by atomic mass is 9.97. The first-order chi connectivity index (χ1) is 12.0.